The molecule has 0 aromatic rings. The molecular weight excluding hydrogens is 378 g/mol. The lowest BCUT2D eigenvalue weighted by atomic mass is 9.98. The van der Waals surface area contributed by atoms with Crippen LogP contribution in [0.4, 0.5) is 0 Å². The van der Waals surface area contributed by atoms with E-state index in [9.17, 15) is 0 Å². The third kappa shape index (κ3) is 5.69. The van der Waals surface area contributed by atoms with E-state index in [-0.39, 0.29) is 0 Å². The van der Waals surface area contributed by atoms with E-state index in [4.69, 9.17) is 0 Å². The lowest BCUT2D eigenvalue weighted by Gasteiger charge is -2.45. The molecule has 2 aliphatic carbocycles. The van der Waals surface area contributed by atoms with E-state index in [0.717, 1.165) is 23.9 Å². The van der Waals surface area contributed by atoms with E-state index in [1.165, 1.54) is 104 Å². The molecule has 3 heteroatoms. The van der Waals surface area contributed by atoms with Gasteiger partial charge in [0.1, 0.15) is 0 Å². The molecule has 2 heterocycles. The van der Waals surface area contributed by atoms with Crippen LogP contribution in [0.25, 0.3) is 0 Å². The summed E-state index contributed by atoms with van der Waals surface area (Å²) in [6.45, 7) is 20.1. The highest BCUT2D eigenvalue weighted by molar-refractivity contribution is 4.93. The Morgan fingerprint density at radius 1 is 0.516 bits per heavy atom. The van der Waals surface area contributed by atoms with Gasteiger partial charge in [-0.15, -0.1) is 0 Å². The van der Waals surface area contributed by atoms with E-state index in [0.29, 0.717) is 0 Å². The molecule has 2 saturated carbocycles. The summed E-state index contributed by atoms with van der Waals surface area (Å²) in [5, 5.41) is 0. The van der Waals surface area contributed by atoms with Gasteiger partial charge in [0.25, 0.3) is 0 Å². The van der Waals surface area contributed by atoms with Crippen LogP contribution < -0.4 is 0 Å². The van der Waals surface area contributed by atoms with Crippen molar-refractivity contribution in [3.8, 4) is 0 Å². The Bertz CT molecular complexity index is 461. The molecule has 2 saturated heterocycles. The summed E-state index contributed by atoms with van der Waals surface area (Å²) in [6, 6.07) is 2.03. The molecule has 31 heavy (non-hydrogen) atoms. The second-order valence-corrected chi connectivity index (χ2v) is 12.4. The van der Waals surface area contributed by atoms with E-state index in [1.807, 2.05) is 0 Å². The zero-order valence-electron chi connectivity index (χ0n) is 22.4. The minimum absolute atomic E-state index is 1.02. The molecule has 0 aromatic carbocycles. The third-order valence-corrected chi connectivity index (χ3v) is 11.1. The van der Waals surface area contributed by atoms with Gasteiger partial charge in [0, 0.05) is 25.7 Å². The summed E-state index contributed by atoms with van der Waals surface area (Å²) in [4.78, 5) is 0. The summed E-state index contributed by atoms with van der Waals surface area (Å²) >= 11 is 0. The van der Waals surface area contributed by atoms with Gasteiger partial charge in [-0.1, -0.05) is 0 Å². The Balaban J connectivity index is 0.000000259. The van der Waals surface area contributed by atoms with Crippen LogP contribution in [-0.2, 0) is 0 Å². The van der Waals surface area contributed by atoms with Crippen molar-refractivity contribution in [2.75, 3.05) is 66.5 Å². The number of rotatable bonds is 6. The van der Waals surface area contributed by atoms with Crippen molar-refractivity contribution in [1.29, 1.82) is 0 Å². The van der Waals surface area contributed by atoms with Gasteiger partial charge < -0.3 is 13.4 Å². The summed E-state index contributed by atoms with van der Waals surface area (Å²) in [5.41, 5.74) is 0. The molecule has 0 aromatic heterocycles. The Labute approximate surface area is 195 Å². The van der Waals surface area contributed by atoms with Gasteiger partial charge in [-0.05, 0) is 78.1 Å². The fourth-order valence-corrected chi connectivity index (χ4v) is 8.11. The quantitative estimate of drug-likeness (QED) is 0.469. The molecule has 4 rings (SSSR count). The topological polar surface area (TPSA) is 0 Å². The number of piperidine rings is 2. The Morgan fingerprint density at radius 2 is 0.806 bits per heavy atom. The third-order valence-electron chi connectivity index (χ3n) is 11.1. The highest BCUT2D eigenvalue weighted by Gasteiger charge is 2.52. The lowest BCUT2D eigenvalue weighted by Crippen LogP contribution is -2.55. The van der Waals surface area contributed by atoms with Gasteiger partial charge >= 0.3 is 0 Å². The fourth-order valence-electron chi connectivity index (χ4n) is 8.11. The van der Waals surface area contributed by atoms with E-state index < -0.39 is 0 Å². The Hall–Kier alpha value is -0.120. The predicted molar refractivity (Wildman–Crippen MR) is 135 cm³/mol. The Morgan fingerprint density at radius 3 is 1.03 bits per heavy atom. The van der Waals surface area contributed by atoms with Gasteiger partial charge in [-0.3, -0.25) is 0 Å². The first kappa shape index (κ1) is 25.5. The van der Waals surface area contributed by atoms with E-state index in [2.05, 4.69) is 41.8 Å². The maximum atomic E-state index is 2.58. The number of likely N-dealkylation sites (tertiary alicyclic amines) is 2. The monoisotopic (exact) mass is 436 g/mol. The molecule has 4 fully saturated rings. The molecule has 0 bridgehead atoms. The molecule has 0 unspecified atom stereocenters. The second-order valence-electron chi connectivity index (χ2n) is 12.4. The maximum absolute atomic E-state index is 2.58. The van der Waals surface area contributed by atoms with Crippen molar-refractivity contribution in [3.63, 3.8) is 0 Å². The van der Waals surface area contributed by atoms with Crippen LogP contribution in [0, 0.1) is 11.8 Å². The number of quaternary nitrogens is 3. The van der Waals surface area contributed by atoms with Crippen LogP contribution >= 0.6 is 0 Å². The van der Waals surface area contributed by atoms with Crippen molar-refractivity contribution in [2.45, 2.75) is 104 Å². The van der Waals surface area contributed by atoms with Gasteiger partial charge in [0.2, 0.25) is 0 Å². The maximum Gasteiger partial charge on any atom is 0.0893 e. The molecule has 0 N–H and O–H groups in total. The molecule has 182 valence electrons. The lowest BCUT2D eigenvalue weighted by molar-refractivity contribution is -0.940. The zero-order valence-corrected chi connectivity index (χ0v) is 22.4. The van der Waals surface area contributed by atoms with Crippen molar-refractivity contribution in [2.24, 2.45) is 11.8 Å². The highest BCUT2D eigenvalue weighted by Crippen LogP contribution is 2.50. The predicted octanol–water partition coefficient (Wildman–Crippen LogP) is 5.69. The summed E-state index contributed by atoms with van der Waals surface area (Å²) in [5.74, 6) is 2.17. The molecule has 0 spiro atoms. The van der Waals surface area contributed by atoms with Crippen LogP contribution in [0.3, 0.4) is 0 Å². The zero-order chi connectivity index (χ0) is 22.5. The van der Waals surface area contributed by atoms with E-state index in [1.54, 1.807) is 25.7 Å². The first-order chi connectivity index (χ1) is 14.8. The minimum Gasteiger partial charge on any atom is -0.325 e. The summed E-state index contributed by atoms with van der Waals surface area (Å²) in [6.07, 6.45) is 15.2. The number of nitrogens with zero attached hydrogens (tertiary/aromatic N) is 3. The highest BCUT2D eigenvalue weighted by atomic mass is 15.4. The first-order valence-corrected chi connectivity index (χ1v) is 14.4. The molecule has 0 amide bonds. The van der Waals surface area contributed by atoms with Crippen molar-refractivity contribution in [1.82, 2.24) is 0 Å². The van der Waals surface area contributed by atoms with Crippen molar-refractivity contribution >= 4 is 0 Å². The van der Waals surface area contributed by atoms with Crippen molar-refractivity contribution < 1.29 is 13.4 Å². The smallest absolute Gasteiger partial charge is 0.0893 e. The van der Waals surface area contributed by atoms with Gasteiger partial charge in [0.05, 0.1) is 78.5 Å². The normalized spacial score (nSPS) is 34.6. The molecular formula is C28H58N3+3. The molecule has 3 nitrogen and oxygen atoms in total. The number of hydrogen-bond acceptors (Lipinski definition) is 0. The molecule has 0 radical (unpaired) electrons. The SMILES string of the molecule is CC[N+](CC)(CC)CC.C[N+]1(C2CC3CC([N+]4(C)CCCCC4)CC3C2)CCCCC1. The average Bonchev–Trinajstić information content (AvgIpc) is 3.38. The largest absolute Gasteiger partial charge is 0.325 e. The molecule has 0 atom stereocenters. The van der Waals surface area contributed by atoms with Gasteiger partial charge in [0.15, 0.2) is 0 Å². The van der Waals surface area contributed by atoms with E-state index >= 15 is 0 Å². The van der Waals surface area contributed by atoms with Crippen molar-refractivity contribution in [3.05, 3.63) is 0 Å². The summed E-state index contributed by atoms with van der Waals surface area (Å²) in [7, 11) is 5.17. The van der Waals surface area contributed by atoms with Crippen LogP contribution in [0.1, 0.15) is 91.9 Å². The fraction of sp³-hybridized carbons (Fsp3) is 1.00. The molecule has 2 aliphatic heterocycles. The molecule has 4 aliphatic rings. The number of fused-ring (bicyclic) bond motifs is 1. The van der Waals surface area contributed by atoms with Crippen LogP contribution in [-0.4, -0.2) is 92.0 Å². The van der Waals surface area contributed by atoms with Gasteiger partial charge in [-0.25, -0.2) is 0 Å². The first-order valence-electron chi connectivity index (χ1n) is 14.4. The average molecular weight is 437 g/mol. The van der Waals surface area contributed by atoms with Gasteiger partial charge in [-0.2, -0.15) is 0 Å². The van der Waals surface area contributed by atoms with Crippen LogP contribution in [0.15, 0.2) is 0 Å². The second kappa shape index (κ2) is 10.9. The Kier molecular flexibility index (Phi) is 8.94. The minimum atomic E-state index is 1.02. The van der Waals surface area contributed by atoms with Crippen LogP contribution in [0.5, 0.6) is 0 Å². The standard InChI is InChI=1S/C20H38N2.C8H20N/c1-21(9-5-3-6-10-21)19-13-17-15-20(16-18(17)14-19)22(2)11-7-4-8-12-22;1-5-9(6-2,7-3)8-4/h17-20H,3-16H2,1-2H3;5-8H2,1-4H3/q+2;+1. The summed E-state index contributed by atoms with van der Waals surface area (Å²) < 4.78 is 4.15. The van der Waals surface area contributed by atoms with Crippen LogP contribution in [0.2, 0.25) is 0 Å². The number of hydrogen-bond donors (Lipinski definition) is 0.